The van der Waals surface area contributed by atoms with Crippen molar-refractivity contribution >= 4 is 45.7 Å². The molecule has 1 N–H and O–H groups in total. The Kier molecular flexibility index (Phi) is 8.15. The van der Waals surface area contributed by atoms with Crippen molar-refractivity contribution in [3.8, 4) is 22.9 Å². The predicted molar refractivity (Wildman–Crippen MR) is 157 cm³/mol. The van der Waals surface area contributed by atoms with Gasteiger partial charge in [0.2, 0.25) is 0 Å². The molecular formula is C29H28IN3O5. The first-order valence-corrected chi connectivity index (χ1v) is 13.1. The second-order valence-electron chi connectivity index (χ2n) is 9.17. The summed E-state index contributed by atoms with van der Waals surface area (Å²) < 4.78 is 13.2. The molecule has 0 spiro atoms. The van der Waals surface area contributed by atoms with Crippen LogP contribution in [0.25, 0.3) is 22.3 Å². The number of aryl methyl sites for hydroxylation is 1. The summed E-state index contributed by atoms with van der Waals surface area (Å²) in [6, 6.07) is 16.4. The smallest absolute Gasteiger partial charge is 0.344 e. The van der Waals surface area contributed by atoms with Crippen LogP contribution in [0.4, 0.5) is 0 Å². The normalized spacial score (nSPS) is 12.3. The summed E-state index contributed by atoms with van der Waals surface area (Å²) in [7, 11) is 1.65. The fourth-order valence-electron chi connectivity index (χ4n) is 4.03. The molecule has 38 heavy (non-hydrogen) atoms. The molecule has 8 nitrogen and oxygen atoms in total. The number of benzene rings is 3. The molecule has 0 aliphatic rings. The Hall–Kier alpha value is -3.73. The van der Waals surface area contributed by atoms with Gasteiger partial charge in [0.25, 0.3) is 5.56 Å². The zero-order valence-electron chi connectivity index (χ0n) is 21.7. The lowest BCUT2D eigenvalue weighted by molar-refractivity contribution is -0.144. The minimum Gasteiger partial charge on any atom is -0.496 e. The lowest BCUT2D eigenvalue weighted by Crippen LogP contribution is -2.23. The van der Waals surface area contributed by atoms with Crippen molar-refractivity contribution < 1.29 is 19.4 Å². The average Bonchev–Trinajstić information content (AvgIpc) is 2.89. The molecule has 9 heteroatoms. The van der Waals surface area contributed by atoms with E-state index >= 15 is 0 Å². The van der Waals surface area contributed by atoms with Gasteiger partial charge in [-0.05, 0) is 102 Å². The molecule has 0 aliphatic heterocycles. The molecule has 1 heterocycles. The standard InChI is InChI=1S/C29H28IN3O5/c1-16(2)21-14-22(17(3)12-26(21)37-5)27-32-24-9-7-6-8-20(24)28(34)33(27)31-15-19-10-11-25(23(30)13-19)38-18(4)29(35)36/h6-16,18H,1-5H3,(H,35,36)/t18-/m1/s1. The first-order chi connectivity index (χ1) is 18.1. The van der Waals surface area contributed by atoms with Gasteiger partial charge in [-0.15, -0.1) is 0 Å². The van der Waals surface area contributed by atoms with E-state index < -0.39 is 12.1 Å². The van der Waals surface area contributed by atoms with Crippen LogP contribution in [0, 0.1) is 10.5 Å². The van der Waals surface area contributed by atoms with E-state index in [1.165, 1.54) is 11.6 Å². The maximum atomic E-state index is 13.6. The van der Waals surface area contributed by atoms with E-state index in [0.717, 1.165) is 26.0 Å². The number of carboxylic acid groups (broad SMARTS) is 1. The Morgan fingerprint density at radius 3 is 2.50 bits per heavy atom. The Morgan fingerprint density at radius 2 is 1.84 bits per heavy atom. The number of aromatic nitrogens is 2. The summed E-state index contributed by atoms with van der Waals surface area (Å²) in [5.74, 6) is 0.820. The molecule has 0 bridgehead atoms. The minimum atomic E-state index is -1.04. The molecule has 0 amide bonds. The van der Waals surface area contributed by atoms with E-state index in [1.807, 2.05) is 37.3 Å². The number of carboxylic acids is 1. The molecule has 1 aromatic heterocycles. The zero-order chi connectivity index (χ0) is 27.6. The van der Waals surface area contributed by atoms with Gasteiger partial charge in [-0.25, -0.2) is 9.78 Å². The monoisotopic (exact) mass is 625 g/mol. The number of halogens is 1. The molecular weight excluding hydrogens is 597 g/mol. The summed E-state index contributed by atoms with van der Waals surface area (Å²) in [5.41, 5.74) is 3.71. The number of hydrogen-bond acceptors (Lipinski definition) is 6. The van der Waals surface area contributed by atoms with Crippen molar-refractivity contribution in [2.45, 2.75) is 39.7 Å². The highest BCUT2D eigenvalue weighted by atomic mass is 127. The summed E-state index contributed by atoms with van der Waals surface area (Å²) in [4.78, 5) is 29.6. The van der Waals surface area contributed by atoms with Gasteiger partial charge in [0.05, 0.1) is 27.8 Å². The van der Waals surface area contributed by atoms with Crippen molar-refractivity contribution in [1.29, 1.82) is 0 Å². The number of nitrogens with zero attached hydrogens (tertiary/aromatic N) is 3. The first kappa shape index (κ1) is 27.3. The van der Waals surface area contributed by atoms with Gasteiger partial charge in [-0.3, -0.25) is 4.79 Å². The number of fused-ring (bicyclic) bond motifs is 1. The van der Waals surface area contributed by atoms with Crippen LogP contribution in [0.5, 0.6) is 11.5 Å². The number of para-hydroxylation sites is 1. The van der Waals surface area contributed by atoms with Crippen LogP contribution in [-0.4, -0.2) is 40.2 Å². The average molecular weight is 625 g/mol. The largest absolute Gasteiger partial charge is 0.496 e. The topological polar surface area (TPSA) is 103 Å². The molecule has 3 aromatic carbocycles. The summed E-state index contributed by atoms with van der Waals surface area (Å²) >= 11 is 2.08. The molecule has 4 aromatic rings. The first-order valence-electron chi connectivity index (χ1n) is 12.0. The number of hydrogen-bond donors (Lipinski definition) is 1. The molecule has 4 rings (SSSR count). The molecule has 0 saturated heterocycles. The molecule has 196 valence electrons. The third kappa shape index (κ3) is 5.57. The summed E-state index contributed by atoms with van der Waals surface area (Å²) in [6.07, 6.45) is 0.604. The second-order valence-corrected chi connectivity index (χ2v) is 10.3. The van der Waals surface area contributed by atoms with Gasteiger partial charge in [-0.1, -0.05) is 26.0 Å². The van der Waals surface area contributed by atoms with Crippen molar-refractivity contribution in [1.82, 2.24) is 9.66 Å². The number of rotatable bonds is 8. The summed E-state index contributed by atoms with van der Waals surface area (Å²) in [6.45, 7) is 7.60. The highest BCUT2D eigenvalue weighted by Crippen LogP contribution is 2.34. The quantitative estimate of drug-likeness (QED) is 0.195. The van der Waals surface area contributed by atoms with Crippen molar-refractivity contribution in [3.63, 3.8) is 0 Å². The van der Waals surface area contributed by atoms with Crippen molar-refractivity contribution in [2.75, 3.05) is 7.11 Å². The van der Waals surface area contributed by atoms with E-state index in [2.05, 4.69) is 41.5 Å². The lowest BCUT2D eigenvalue weighted by atomic mass is 9.96. The Bertz CT molecular complexity index is 1610. The molecule has 0 fully saturated rings. The van der Waals surface area contributed by atoms with Gasteiger partial charge in [0, 0.05) is 5.56 Å². The maximum Gasteiger partial charge on any atom is 0.344 e. The molecule has 0 radical (unpaired) electrons. The molecule has 0 aliphatic carbocycles. The van der Waals surface area contributed by atoms with E-state index in [1.54, 1.807) is 37.6 Å². The van der Waals surface area contributed by atoms with Crippen LogP contribution >= 0.6 is 22.6 Å². The predicted octanol–water partition coefficient (Wildman–Crippen LogP) is 5.84. The fourth-order valence-corrected chi connectivity index (χ4v) is 4.70. The van der Waals surface area contributed by atoms with E-state index in [-0.39, 0.29) is 11.5 Å². The molecule has 0 saturated carbocycles. The second kappa shape index (κ2) is 11.3. The number of aliphatic carboxylic acids is 1. The van der Waals surface area contributed by atoms with Gasteiger partial charge in [0.1, 0.15) is 11.5 Å². The zero-order valence-corrected chi connectivity index (χ0v) is 23.9. The Morgan fingerprint density at radius 1 is 1.11 bits per heavy atom. The fraction of sp³-hybridized carbons (Fsp3) is 0.241. The highest BCUT2D eigenvalue weighted by molar-refractivity contribution is 14.1. The Labute approximate surface area is 234 Å². The number of carbonyl (C=O) groups is 1. The van der Waals surface area contributed by atoms with Crippen LogP contribution in [0.1, 0.15) is 43.4 Å². The van der Waals surface area contributed by atoms with Crippen molar-refractivity contribution in [2.24, 2.45) is 5.10 Å². The van der Waals surface area contributed by atoms with Gasteiger partial charge < -0.3 is 14.6 Å². The highest BCUT2D eigenvalue weighted by Gasteiger charge is 2.19. The van der Waals surface area contributed by atoms with E-state index in [0.29, 0.717) is 28.0 Å². The minimum absolute atomic E-state index is 0.195. The molecule has 0 unspecified atom stereocenters. The van der Waals surface area contributed by atoms with Crippen LogP contribution in [-0.2, 0) is 4.79 Å². The van der Waals surface area contributed by atoms with E-state index in [4.69, 9.17) is 19.6 Å². The van der Waals surface area contributed by atoms with Gasteiger partial charge >= 0.3 is 5.97 Å². The van der Waals surface area contributed by atoms with Crippen LogP contribution in [0.2, 0.25) is 0 Å². The SMILES string of the molecule is COc1cc(C)c(-c2nc3ccccc3c(=O)n2N=Cc2ccc(O[C@H](C)C(=O)O)c(I)c2)cc1C(C)C. The number of ether oxygens (including phenoxy) is 2. The summed E-state index contributed by atoms with van der Waals surface area (Å²) in [5, 5.41) is 14.2. The van der Waals surface area contributed by atoms with Crippen LogP contribution < -0.4 is 15.0 Å². The maximum absolute atomic E-state index is 13.6. The van der Waals surface area contributed by atoms with Crippen molar-refractivity contribution in [3.05, 3.63) is 85.2 Å². The molecule has 1 atom stereocenters. The Balaban J connectivity index is 1.85. The number of methoxy groups -OCH3 is 1. The van der Waals surface area contributed by atoms with E-state index in [9.17, 15) is 9.59 Å². The third-order valence-electron chi connectivity index (χ3n) is 6.12. The lowest BCUT2D eigenvalue weighted by Gasteiger charge is -2.17. The van der Waals surface area contributed by atoms with Gasteiger partial charge in [-0.2, -0.15) is 9.78 Å². The van der Waals surface area contributed by atoms with Crippen LogP contribution in [0.15, 0.2) is 64.5 Å². The van der Waals surface area contributed by atoms with Gasteiger partial charge in [0.15, 0.2) is 11.9 Å². The third-order valence-corrected chi connectivity index (χ3v) is 6.97. The van der Waals surface area contributed by atoms with Crippen LogP contribution in [0.3, 0.4) is 0 Å².